The number of nitrogens with two attached hydrogens (primary N) is 1. The maximum Gasteiger partial charge on any atom is 0.181 e. The van der Waals surface area contributed by atoms with Crippen LogP contribution in [0.3, 0.4) is 0 Å². The second-order valence-corrected chi connectivity index (χ2v) is 8.57. The van der Waals surface area contributed by atoms with Gasteiger partial charge in [0.25, 0.3) is 0 Å². The summed E-state index contributed by atoms with van der Waals surface area (Å²) in [5, 5.41) is -0.318. The molecule has 0 bridgehead atoms. The molecule has 2 N–H and O–H groups in total. The van der Waals surface area contributed by atoms with Crippen LogP contribution in [0.25, 0.3) is 0 Å². The molecular weight excluding hydrogens is 282 g/mol. The van der Waals surface area contributed by atoms with Gasteiger partial charge in [0.2, 0.25) is 0 Å². The van der Waals surface area contributed by atoms with Crippen molar-refractivity contribution in [2.45, 2.75) is 56.6 Å². The molecule has 0 aliphatic heterocycles. The number of rotatable bonds is 4. The molecule has 118 valence electrons. The fraction of sp³-hybridized carbons (Fsp3) is 0.647. The Morgan fingerprint density at radius 2 is 1.95 bits per heavy atom. The summed E-state index contributed by atoms with van der Waals surface area (Å²) < 4.78 is 26.3. The van der Waals surface area contributed by atoms with Crippen LogP contribution in [0.5, 0.6) is 0 Å². The maximum absolute atomic E-state index is 13.1. The predicted molar refractivity (Wildman–Crippen MR) is 87.1 cm³/mol. The van der Waals surface area contributed by atoms with E-state index in [1.165, 1.54) is 0 Å². The number of aryl methyl sites for hydroxylation is 2. The summed E-state index contributed by atoms with van der Waals surface area (Å²) in [5.41, 5.74) is 7.69. The first kappa shape index (κ1) is 16.5. The van der Waals surface area contributed by atoms with Gasteiger partial charge in [-0.2, -0.15) is 0 Å². The highest BCUT2D eigenvalue weighted by Crippen LogP contribution is 2.37. The van der Waals surface area contributed by atoms with E-state index in [4.69, 9.17) is 5.73 Å². The van der Waals surface area contributed by atoms with Crippen LogP contribution in [0.1, 0.15) is 43.7 Å². The Kier molecular flexibility index (Phi) is 5.10. The van der Waals surface area contributed by atoms with Crippen molar-refractivity contribution in [1.29, 1.82) is 0 Å². The Bertz CT molecular complexity index is 595. The zero-order valence-corrected chi connectivity index (χ0v) is 14.1. The molecule has 3 nitrogen and oxygen atoms in total. The van der Waals surface area contributed by atoms with Crippen molar-refractivity contribution in [2.24, 2.45) is 17.6 Å². The fourth-order valence-electron chi connectivity index (χ4n) is 3.47. The number of sulfone groups is 1. The van der Waals surface area contributed by atoms with E-state index in [0.29, 0.717) is 17.4 Å². The van der Waals surface area contributed by atoms with Crippen molar-refractivity contribution in [3.63, 3.8) is 0 Å². The van der Waals surface area contributed by atoms with Crippen LogP contribution in [0.4, 0.5) is 0 Å². The molecule has 4 heteroatoms. The molecule has 0 aromatic heterocycles. The van der Waals surface area contributed by atoms with Crippen LogP contribution in [-0.4, -0.2) is 20.2 Å². The maximum atomic E-state index is 13.1. The first-order chi connectivity index (χ1) is 9.90. The first-order valence-electron chi connectivity index (χ1n) is 7.91. The van der Waals surface area contributed by atoms with Crippen LogP contribution >= 0.6 is 0 Å². The number of benzene rings is 1. The van der Waals surface area contributed by atoms with Gasteiger partial charge in [-0.05, 0) is 62.3 Å². The molecule has 3 unspecified atom stereocenters. The average Bonchev–Trinajstić information content (AvgIpc) is 2.48. The summed E-state index contributed by atoms with van der Waals surface area (Å²) in [7, 11) is -3.30. The fourth-order valence-corrected chi connectivity index (χ4v) is 5.94. The van der Waals surface area contributed by atoms with Gasteiger partial charge in [0.15, 0.2) is 9.84 Å². The topological polar surface area (TPSA) is 60.2 Å². The minimum atomic E-state index is -3.30. The molecule has 21 heavy (non-hydrogen) atoms. The van der Waals surface area contributed by atoms with E-state index >= 15 is 0 Å². The number of hydrogen-bond acceptors (Lipinski definition) is 3. The van der Waals surface area contributed by atoms with Gasteiger partial charge < -0.3 is 5.73 Å². The average molecular weight is 309 g/mol. The monoisotopic (exact) mass is 309 g/mol. The molecule has 1 aliphatic rings. The lowest BCUT2D eigenvalue weighted by molar-refractivity contribution is 0.275. The van der Waals surface area contributed by atoms with Crippen molar-refractivity contribution in [3.8, 4) is 0 Å². The molecule has 1 aliphatic carbocycles. The third kappa shape index (κ3) is 3.32. The van der Waals surface area contributed by atoms with E-state index in [1.807, 2.05) is 32.0 Å². The summed E-state index contributed by atoms with van der Waals surface area (Å²) in [6.45, 7) is 6.43. The molecule has 0 spiro atoms. The van der Waals surface area contributed by atoms with Gasteiger partial charge in [-0.1, -0.05) is 31.9 Å². The molecule has 0 amide bonds. The van der Waals surface area contributed by atoms with Gasteiger partial charge in [0, 0.05) is 0 Å². The van der Waals surface area contributed by atoms with Gasteiger partial charge >= 0.3 is 0 Å². The minimum absolute atomic E-state index is 0.0951. The second kappa shape index (κ2) is 6.49. The van der Waals surface area contributed by atoms with Crippen LogP contribution in [-0.2, 0) is 9.84 Å². The summed E-state index contributed by atoms with van der Waals surface area (Å²) in [6, 6.07) is 5.68. The highest BCUT2D eigenvalue weighted by atomic mass is 32.2. The predicted octanol–water partition coefficient (Wildman–Crippen LogP) is 3.23. The van der Waals surface area contributed by atoms with Crippen LogP contribution in [0, 0.1) is 25.7 Å². The lowest BCUT2D eigenvalue weighted by Crippen LogP contribution is -2.40. The molecule has 0 saturated heterocycles. The number of hydrogen-bond donors (Lipinski definition) is 1. The SMILES string of the molecule is CCC1CCC(CN)C(S(=O)(=O)c2cc(C)ccc2C)C1. The summed E-state index contributed by atoms with van der Waals surface area (Å²) >= 11 is 0. The van der Waals surface area contributed by atoms with Gasteiger partial charge in [0.05, 0.1) is 10.1 Å². The van der Waals surface area contributed by atoms with Crippen LogP contribution < -0.4 is 5.73 Å². The Labute approximate surface area is 128 Å². The van der Waals surface area contributed by atoms with E-state index in [9.17, 15) is 8.42 Å². The zero-order chi connectivity index (χ0) is 15.6. The lowest BCUT2D eigenvalue weighted by atomic mass is 9.80. The highest BCUT2D eigenvalue weighted by molar-refractivity contribution is 7.92. The summed E-state index contributed by atoms with van der Waals surface area (Å²) in [4.78, 5) is 0.503. The van der Waals surface area contributed by atoms with Crippen molar-refractivity contribution in [3.05, 3.63) is 29.3 Å². The quantitative estimate of drug-likeness (QED) is 0.929. The zero-order valence-electron chi connectivity index (χ0n) is 13.3. The van der Waals surface area contributed by atoms with Gasteiger partial charge in [-0.15, -0.1) is 0 Å². The first-order valence-corrected chi connectivity index (χ1v) is 9.46. The van der Waals surface area contributed by atoms with E-state index in [2.05, 4.69) is 6.92 Å². The standard InChI is InChI=1S/C17H27NO2S/c1-4-14-7-8-15(11-18)17(10-14)21(19,20)16-9-12(2)5-6-13(16)3/h5-6,9,14-15,17H,4,7-8,10-11,18H2,1-3H3. The van der Waals surface area contributed by atoms with E-state index in [-0.39, 0.29) is 11.2 Å². The van der Waals surface area contributed by atoms with Gasteiger partial charge in [0.1, 0.15) is 0 Å². The Hall–Kier alpha value is -0.870. The lowest BCUT2D eigenvalue weighted by Gasteiger charge is -2.35. The molecule has 1 saturated carbocycles. The van der Waals surface area contributed by atoms with Gasteiger partial charge in [-0.25, -0.2) is 8.42 Å². The van der Waals surface area contributed by atoms with Gasteiger partial charge in [-0.3, -0.25) is 0 Å². The van der Waals surface area contributed by atoms with E-state index in [1.54, 1.807) is 0 Å². The summed E-state index contributed by atoms with van der Waals surface area (Å²) in [6.07, 6.45) is 3.85. The van der Waals surface area contributed by atoms with Crippen LogP contribution in [0.2, 0.25) is 0 Å². The highest BCUT2D eigenvalue weighted by Gasteiger charge is 2.39. The molecule has 1 aromatic rings. The third-order valence-electron chi connectivity index (χ3n) is 4.97. The Balaban J connectivity index is 2.42. The van der Waals surface area contributed by atoms with Crippen molar-refractivity contribution >= 4 is 9.84 Å². The van der Waals surface area contributed by atoms with E-state index < -0.39 is 9.84 Å². The Morgan fingerprint density at radius 3 is 2.57 bits per heavy atom. The largest absolute Gasteiger partial charge is 0.330 e. The molecule has 2 rings (SSSR count). The third-order valence-corrected chi connectivity index (χ3v) is 7.39. The molecule has 0 radical (unpaired) electrons. The Morgan fingerprint density at radius 1 is 1.24 bits per heavy atom. The van der Waals surface area contributed by atoms with Crippen molar-refractivity contribution in [2.75, 3.05) is 6.54 Å². The summed E-state index contributed by atoms with van der Waals surface area (Å²) in [5.74, 6) is 0.607. The minimum Gasteiger partial charge on any atom is -0.330 e. The second-order valence-electron chi connectivity index (χ2n) is 6.44. The molecule has 1 fully saturated rings. The molecule has 0 heterocycles. The van der Waals surface area contributed by atoms with Crippen molar-refractivity contribution in [1.82, 2.24) is 0 Å². The molecular formula is C17H27NO2S. The van der Waals surface area contributed by atoms with Crippen molar-refractivity contribution < 1.29 is 8.42 Å². The van der Waals surface area contributed by atoms with E-state index in [0.717, 1.165) is 36.8 Å². The molecule has 3 atom stereocenters. The smallest absolute Gasteiger partial charge is 0.181 e. The van der Waals surface area contributed by atoms with Crippen LogP contribution in [0.15, 0.2) is 23.1 Å². The normalized spacial score (nSPS) is 26.8. The molecule has 1 aromatic carbocycles.